The topological polar surface area (TPSA) is 34.1 Å². The number of benzene rings is 1. The summed E-state index contributed by atoms with van der Waals surface area (Å²) in [6.45, 7) is 4.73. The van der Waals surface area contributed by atoms with E-state index in [-0.39, 0.29) is 0 Å². The molecule has 0 aliphatic rings. The van der Waals surface area contributed by atoms with Gasteiger partial charge >= 0.3 is 0 Å². The van der Waals surface area contributed by atoms with Crippen molar-refractivity contribution in [3.8, 4) is 0 Å². The molecule has 2 aromatic rings. The average Bonchev–Trinajstić information content (AvgIpc) is 2.42. The van der Waals surface area contributed by atoms with Crippen LogP contribution < -0.4 is 5.32 Å². The highest BCUT2D eigenvalue weighted by Gasteiger charge is 2.06. The molecule has 4 heteroatoms. The van der Waals surface area contributed by atoms with Gasteiger partial charge in [-0.1, -0.05) is 35.0 Å². The molecule has 1 aromatic heterocycles. The van der Waals surface area contributed by atoms with Gasteiger partial charge in [0, 0.05) is 42.9 Å². The van der Waals surface area contributed by atoms with Crippen LogP contribution in [0.25, 0.3) is 10.9 Å². The van der Waals surface area contributed by atoms with Crippen molar-refractivity contribution < 1.29 is 4.74 Å². The van der Waals surface area contributed by atoms with E-state index in [1.807, 2.05) is 12.3 Å². The fourth-order valence-corrected chi connectivity index (χ4v) is 2.59. The molecule has 0 amide bonds. The van der Waals surface area contributed by atoms with E-state index in [0.717, 1.165) is 35.1 Å². The van der Waals surface area contributed by atoms with Gasteiger partial charge in [-0.25, -0.2) is 0 Å². The van der Waals surface area contributed by atoms with Crippen LogP contribution in [0.3, 0.4) is 0 Å². The number of methoxy groups -OCH3 is 1. The minimum Gasteiger partial charge on any atom is -0.384 e. The van der Waals surface area contributed by atoms with Crippen LogP contribution in [0.1, 0.15) is 12.5 Å². The van der Waals surface area contributed by atoms with Crippen LogP contribution in [0.15, 0.2) is 34.9 Å². The normalized spacial score (nSPS) is 12.8. The molecule has 1 heterocycles. The Morgan fingerprint density at radius 1 is 1.37 bits per heavy atom. The molecule has 0 aliphatic carbocycles. The second-order valence-corrected chi connectivity index (χ2v) is 5.65. The van der Waals surface area contributed by atoms with Crippen molar-refractivity contribution in [1.82, 2.24) is 10.3 Å². The number of hydrogen-bond donors (Lipinski definition) is 1. The third kappa shape index (κ3) is 3.75. The second-order valence-electron chi connectivity index (χ2n) is 4.80. The number of pyridine rings is 1. The van der Waals surface area contributed by atoms with Gasteiger partial charge in [-0.3, -0.25) is 4.98 Å². The van der Waals surface area contributed by atoms with Crippen molar-refractivity contribution in [2.24, 2.45) is 5.92 Å². The Kier molecular flexibility index (Phi) is 5.31. The van der Waals surface area contributed by atoms with Crippen molar-refractivity contribution in [1.29, 1.82) is 0 Å². The maximum absolute atomic E-state index is 5.13. The molecule has 102 valence electrons. The zero-order valence-corrected chi connectivity index (χ0v) is 12.9. The average molecular weight is 323 g/mol. The molecule has 1 aromatic carbocycles. The molecule has 1 N–H and O–H groups in total. The first kappa shape index (κ1) is 14.4. The lowest BCUT2D eigenvalue weighted by Crippen LogP contribution is -2.23. The zero-order valence-electron chi connectivity index (χ0n) is 11.3. The van der Waals surface area contributed by atoms with Gasteiger partial charge in [0.15, 0.2) is 0 Å². The van der Waals surface area contributed by atoms with Crippen molar-refractivity contribution in [2.75, 3.05) is 20.3 Å². The molecule has 2 rings (SSSR count). The quantitative estimate of drug-likeness (QED) is 0.885. The number of nitrogens with one attached hydrogen (secondary N) is 1. The standard InChI is InChI=1S/C15H19BrN2O/c1-11(10-19-2)8-17-9-12-5-6-14(16)13-4-3-7-18-15(12)13/h3-7,11,17H,8-10H2,1-2H3. The van der Waals surface area contributed by atoms with E-state index in [1.54, 1.807) is 7.11 Å². The lowest BCUT2D eigenvalue weighted by Gasteiger charge is -2.12. The molecule has 0 radical (unpaired) electrons. The molecule has 0 saturated carbocycles. The third-order valence-electron chi connectivity index (χ3n) is 3.06. The summed E-state index contributed by atoms with van der Waals surface area (Å²) in [5.74, 6) is 0.514. The molecule has 19 heavy (non-hydrogen) atoms. The van der Waals surface area contributed by atoms with Crippen LogP contribution in [-0.4, -0.2) is 25.2 Å². The summed E-state index contributed by atoms with van der Waals surface area (Å²) in [4.78, 5) is 4.48. The van der Waals surface area contributed by atoms with Gasteiger partial charge in [0.05, 0.1) is 5.52 Å². The highest BCUT2D eigenvalue weighted by atomic mass is 79.9. The minimum absolute atomic E-state index is 0.514. The molecule has 1 unspecified atom stereocenters. The number of hydrogen-bond acceptors (Lipinski definition) is 3. The van der Waals surface area contributed by atoms with Gasteiger partial charge in [-0.05, 0) is 23.6 Å². The van der Waals surface area contributed by atoms with E-state index in [2.05, 4.69) is 51.4 Å². The first-order chi connectivity index (χ1) is 9.22. The molecular formula is C15H19BrN2O. The number of rotatable bonds is 6. The summed E-state index contributed by atoms with van der Waals surface area (Å²) in [6, 6.07) is 8.25. The number of fused-ring (bicyclic) bond motifs is 1. The molecule has 0 bridgehead atoms. The van der Waals surface area contributed by atoms with E-state index >= 15 is 0 Å². The maximum Gasteiger partial charge on any atom is 0.0758 e. The smallest absolute Gasteiger partial charge is 0.0758 e. The largest absolute Gasteiger partial charge is 0.384 e. The van der Waals surface area contributed by atoms with Crippen LogP contribution in [0, 0.1) is 5.92 Å². The van der Waals surface area contributed by atoms with Crippen molar-refractivity contribution in [2.45, 2.75) is 13.5 Å². The summed E-state index contributed by atoms with van der Waals surface area (Å²) < 4.78 is 6.22. The van der Waals surface area contributed by atoms with Crippen LogP contribution in [0.5, 0.6) is 0 Å². The van der Waals surface area contributed by atoms with E-state index in [0.29, 0.717) is 5.92 Å². The summed E-state index contributed by atoms with van der Waals surface area (Å²) in [5, 5.41) is 4.62. The maximum atomic E-state index is 5.13. The number of nitrogens with zero attached hydrogens (tertiary/aromatic N) is 1. The van der Waals surface area contributed by atoms with Crippen molar-refractivity contribution in [3.05, 3.63) is 40.5 Å². The van der Waals surface area contributed by atoms with Gasteiger partial charge in [-0.2, -0.15) is 0 Å². The van der Waals surface area contributed by atoms with Gasteiger partial charge < -0.3 is 10.1 Å². The van der Waals surface area contributed by atoms with Crippen LogP contribution in [0.2, 0.25) is 0 Å². The van der Waals surface area contributed by atoms with E-state index < -0.39 is 0 Å². The highest BCUT2D eigenvalue weighted by Crippen LogP contribution is 2.25. The Labute approximate surface area is 122 Å². The molecular weight excluding hydrogens is 304 g/mol. The van der Waals surface area contributed by atoms with Gasteiger partial charge in [0.2, 0.25) is 0 Å². The monoisotopic (exact) mass is 322 g/mol. The van der Waals surface area contributed by atoms with Gasteiger partial charge in [-0.15, -0.1) is 0 Å². The van der Waals surface area contributed by atoms with Crippen LogP contribution in [0.4, 0.5) is 0 Å². The van der Waals surface area contributed by atoms with Crippen molar-refractivity contribution in [3.63, 3.8) is 0 Å². The molecule has 0 spiro atoms. The van der Waals surface area contributed by atoms with Gasteiger partial charge in [0.1, 0.15) is 0 Å². The Morgan fingerprint density at radius 2 is 2.21 bits per heavy atom. The van der Waals surface area contributed by atoms with Crippen LogP contribution in [-0.2, 0) is 11.3 Å². The fraction of sp³-hybridized carbons (Fsp3) is 0.400. The fourth-order valence-electron chi connectivity index (χ4n) is 2.14. The Morgan fingerprint density at radius 3 is 3.00 bits per heavy atom. The molecule has 0 saturated heterocycles. The summed E-state index contributed by atoms with van der Waals surface area (Å²) in [6.07, 6.45) is 1.84. The van der Waals surface area contributed by atoms with E-state index in [1.165, 1.54) is 5.56 Å². The summed E-state index contributed by atoms with van der Waals surface area (Å²) in [5.41, 5.74) is 2.28. The molecule has 0 fully saturated rings. The highest BCUT2D eigenvalue weighted by molar-refractivity contribution is 9.10. The second kappa shape index (κ2) is 6.98. The summed E-state index contributed by atoms with van der Waals surface area (Å²) in [7, 11) is 1.74. The van der Waals surface area contributed by atoms with Crippen LogP contribution >= 0.6 is 15.9 Å². The Hall–Kier alpha value is -0.970. The lowest BCUT2D eigenvalue weighted by molar-refractivity contribution is 0.158. The Bertz CT molecular complexity index is 545. The van der Waals surface area contributed by atoms with Crippen molar-refractivity contribution >= 4 is 26.8 Å². The number of ether oxygens (including phenoxy) is 1. The first-order valence-corrected chi connectivity index (χ1v) is 7.23. The van der Waals surface area contributed by atoms with E-state index in [4.69, 9.17) is 4.74 Å². The van der Waals surface area contributed by atoms with E-state index in [9.17, 15) is 0 Å². The first-order valence-electron chi connectivity index (χ1n) is 6.44. The molecule has 3 nitrogen and oxygen atoms in total. The zero-order chi connectivity index (χ0) is 13.7. The Balaban J connectivity index is 2.07. The molecule has 1 atom stereocenters. The summed E-state index contributed by atoms with van der Waals surface area (Å²) >= 11 is 3.57. The number of halogens is 1. The predicted molar refractivity (Wildman–Crippen MR) is 82.2 cm³/mol. The third-order valence-corrected chi connectivity index (χ3v) is 3.75. The predicted octanol–water partition coefficient (Wildman–Crippen LogP) is 3.37. The lowest BCUT2D eigenvalue weighted by atomic mass is 10.1. The molecule has 0 aliphatic heterocycles. The number of aromatic nitrogens is 1. The van der Waals surface area contributed by atoms with Gasteiger partial charge in [0.25, 0.3) is 0 Å². The minimum atomic E-state index is 0.514. The SMILES string of the molecule is COCC(C)CNCc1ccc(Br)c2cccnc12.